The maximum absolute atomic E-state index is 11.7. The highest BCUT2D eigenvalue weighted by Crippen LogP contribution is 2.05. The molecule has 0 aliphatic heterocycles. The number of amides is 1. The summed E-state index contributed by atoms with van der Waals surface area (Å²) in [5.74, 6) is -0.211. The Morgan fingerprint density at radius 1 is 1.11 bits per heavy atom. The van der Waals surface area contributed by atoms with Crippen LogP contribution in [0, 0.1) is 3.57 Å². The largest absolute Gasteiger partial charge is 0.271 e. The Morgan fingerprint density at radius 3 is 2.61 bits per heavy atom. The van der Waals surface area contributed by atoms with E-state index in [9.17, 15) is 4.79 Å². The fraction of sp³-hybridized carbons (Fsp3) is 0. The molecule has 3 nitrogen and oxygen atoms in total. The van der Waals surface area contributed by atoms with Gasteiger partial charge in [-0.15, -0.1) is 0 Å². The van der Waals surface area contributed by atoms with Crippen LogP contribution in [-0.4, -0.2) is 12.1 Å². The minimum atomic E-state index is -0.211. The Morgan fingerprint density at radius 2 is 1.89 bits per heavy atom. The highest BCUT2D eigenvalue weighted by atomic mass is 127. The van der Waals surface area contributed by atoms with Gasteiger partial charge in [-0.3, -0.25) is 4.79 Å². The number of carbonyl (C=O) groups excluding carboxylic acids is 1. The third kappa shape index (κ3) is 3.66. The zero-order chi connectivity index (χ0) is 12.8. The molecule has 2 aromatic carbocycles. The molecule has 1 N–H and O–H groups in total. The van der Waals surface area contributed by atoms with Gasteiger partial charge in [-0.1, -0.05) is 30.3 Å². The van der Waals surface area contributed by atoms with Gasteiger partial charge < -0.3 is 0 Å². The molecule has 0 heterocycles. The lowest BCUT2D eigenvalue weighted by Gasteiger charge is -1.99. The fourth-order valence-corrected chi connectivity index (χ4v) is 1.97. The molecule has 0 aliphatic rings. The lowest BCUT2D eigenvalue weighted by Crippen LogP contribution is -2.17. The fourth-order valence-electron chi connectivity index (χ4n) is 1.41. The van der Waals surface area contributed by atoms with E-state index in [2.05, 4.69) is 33.1 Å². The van der Waals surface area contributed by atoms with Gasteiger partial charge in [-0.25, -0.2) is 5.43 Å². The minimum absolute atomic E-state index is 0.211. The Kier molecular flexibility index (Phi) is 4.46. The first-order valence-electron chi connectivity index (χ1n) is 5.40. The van der Waals surface area contributed by atoms with Crippen molar-refractivity contribution in [3.63, 3.8) is 0 Å². The van der Waals surface area contributed by atoms with Crippen molar-refractivity contribution in [3.05, 3.63) is 69.3 Å². The topological polar surface area (TPSA) is 41.5 Å². The van der Waals surface area contributed by atoms with E-state index in [4.69, 9.17) is 0 Å². The molecular weight excluding hydrogens is 339 g/mol. The first kappa shape index (κ1) is 12.8. The van der Waals surface area contributed by atoms with Crippen LogP contribution in [0.4, 0.5) is 0 Å². The number of carbonyl (C=O) groups is 1. The third-order valence-corrected chi connectivity index (χ3v) is 2.94. The molecule has 0 radical (unpaired) electrons. The summed E-state index contributed by atoms with van der Waals surface area (Å²) in [6.45, 7) is 0. The molecule has 18 heavy (non-hydrogen) atoms. The van der Waals surface area contributed by atoms with Crippen molar-refractivity contribution in [2.75, 3.05) is 0 Å². The molecule has 2 rings (SSSR count). The van der Waals surface area contributed by atoms with Gasteiger partial charge in [0.2, 0.25) is 0 Å². The van der Waals surface area contributed by atoms with Gasteiger partial charge >= 0.3 is 0 Å². The lowest BCUT2D eigenvalue weighted by atomic mass is 10.2. The van der Waals surface area contributed by atoms with E-state index < -0.39 is 0 Å². The molecule has 90 valence electrons. The van der Waals surface area contributed by atoms with Crippen LogP contribution in [0.3, 0.4) is 0 Å². The maximum Gasteiger partial charge on any atom is 0.271 e. The van der Waals surface area contributed by atoms with Crippen molar-refractivity contribution < 1.29 is 4.79 Å². The van der Waals surface area contributed by atoms with Crippen LogP contribution in [0.2, 0.25) is 0 Å². The molecule has 0 saturated heterocycles. The average Bonchev–Trinajstić information content (AvgIpc) is 2.40. The quantitative estimate of drug-likeness (QED) is 0.516. The van der Waals surface area contributed by atoms with Crippen molar-refractivity contribution in [1.29, 1.82) is 0 Å². The molecule has 0 fully saturated rings. The molecule has 0 atom stereocenters. The smallest absolute Gasteiger partial charge is 0.267 e. The van der Waals surface area contributed by atoms with E-state index in [-0.39, 0.29) is 5.91 Å². The summed E-state index contributed by atoms with van der Waals surface area (Å²) in [4.78, 5) is 11.7. The molecule has 0 saturated carbocycles. The summed E-state index contributed by atoms with van der Waals surface area (Å²) < 4.78 is 1.13. The molecule has 0 bridgehead atoms. The zero-order valence-corrected chi connectivity index (χ0v) is 11.7. The molecule has 1 amide bonds. The summed E-state index contributed by atoms with van der Waals surface area (Å²) >= 11 is 2.23. The van der Waals surface area contributed by atoms with Gasteiger partial charge in [-0.05, 0) is 52.4 Å². The zero-order valence-electron chi connectivity index (χ0n) is 9.51. The number of hydrazone groups is 1. The van der Waals surface area contributed by atoms with Gasteiger partial charge in [-0.2, -0.15) is 5.10 Å². The second-order valence-electron chi connectivity index (χ2n) is 3.62. The highest BCUT2D eigenvalue weighted by Gasteiger charge is 2.01. The number of nitrogens with zero attached hydrogens (tertiary/aromatic N) is 1. The van der Waals surface area contributed by atoms with Crippen molar-refractivity contribution in [3.8, 4) is 0 Å². The highest BCUT2D eigenvalue weighted by molar-refractivity contribution is 14.1. The van der Waals surface area contributed by atoms with Crippen molar-refractivity contribution in [2.45, 2.75) is 0 Å². The Hall–Kier alpha value is -1.69. The van der Waals surface area contributed by atoms with E-state index in [1.54, 1.807) is 18.3 Å². The number of halogens is 1. The molecule has 0 aromatic heterocycles. The van der Waals surface area contributed by atoms with Crippen LogP contribution in [0.15, 0.2) is 59.7 Å². The molecule has 2 aromatic rings. The second kappa shape index (κ2) is 6.30. The van der Waals surface area contributed by atoms with Crippen LogP contribution in [0.25, 0.3) is 0 Å². The molecule has 0 unspecified atom stereocenters. The van der Waals surface area contributed by atoms with Crippen LogP contribution >= 0.6 is 22.6 Å². The summed E-state index contributed by atoms with van der Waals surface area (Å²) in [6.07, 6.45) is 1.63. The van der Waals surface area contributed by atoms with Crippen LogP contribution in [0.5, 0.6) is 0 Å². The number of benzene rings is 2. The lowest BCUT2D eigenvalue weighted by molar-refractivity contribution is 0.0955. The maximum atomic E-state index is 11.7. The predicted octanol–water partition coefficient (Wildman–Crippen LogP) is 3.06. The van der Waals surface area contributed by atoms with E-state index in [0.717, 1.165) is 9.13 Å². The van der Waals surface area contributed by atoms with Gasteiger partial charge in [0.05, 0.1) is 6.21 Å². The standard InChI is InChI=1S/C14H11IN2O/c15-13-8-4-5-11(9-13)10-16-17-14(18)12-6-2-1-3-7-12/h1-10H,(H,17,18). The average molecular weight is 350 g/mol. The van der Waals surface area contributed by atoms with Gasteiger partial charge in [0.15, 0.2) is 0 Å². The van der Waals surface area contributed by atoms with Crippen LogP contribution in [0.1, 0.15) is 15.9 Å². The summed E-state index contributed by atoms with van der Waals surface area (Å²) in [5.41, 5.74) is 4.04. The monoisotopic (exact) mass is 350 g/mol. The number of hydrogen-bond acceptors (Lipinski definition) is 2. The normalized spacial score (nSPS) is 10.5. The third-order valence-electron chi connectivity index (χ3n) is 2.26. The van der Waals surface area contributed by atoms with Gasteiger partial charge in [0, 0.05) is 9.13 Å². The van der Waals surface area contributed by atoms with E-state index >= 15 is 0 Å². The van der Waals surface area contributed by atoms with Crippen molar-refractivity contribution in [1.82, 2.24) is 5.43 Å². The minimum Gasteiger partial charge on any atom is -0.267 e. The van der Waals surface area contributed by atoms with Crippen LogP contribution < -0.4 is 5.43 Å². The van der Waals surface area contributed by atoms with Gasteiger partial charge in [0.1, 0.15) is 0 Å². The molecular formula is C14H11IN2O. The first-order chi connectivity index (χ1) is 8.75. The second-order valence-corrected chi connectivity index (χ2v) is 4.87. The summed E-state index contributed by atoms with van der Waals surface area (Å²) in [6, 6.07) is 16.9. The number of rotatable bonds is 3. The SMILES string of the molecule is O=C(NN=Cc1cccc(I)c1)c1ccccc1. The van der Waals surface area contributed by atoms with Crippen LogP contribution in [-0.2, 0) is 0 Å². The van der Waals surface area contributed by atoms with E-state index in [1.165, 1.54) is 0 Å². The van der Waals surface area contributed by atoms with Crippen molar-refractivity contribution in [2.24, 2.45) is 5.10 Å². The summed E-state index contributed by atoms with van der Waals surface area (Å²) in [5, 5.41) is 3.93. The van der Waals surface area contributed by atoms with Crippen molar-refractivity contribution >= 4 is 34.7 Å². The summed E-state index contributed by atoms with van der Waals surface area (Å²) in [7, 11) is 0. The number of nitrogens with one attached hydrogen (secondary N) is 1. The Balaban J connectivity index is 1.98. The van der Waals surface area contributed by atoms with E-state index in [0.29, 0.717) is 5.56 Å². The molecule has 0 aliphatic carbocycles. The Labute approximate surface area is 119 Å². The predicted molar refractivity (Wildman–Crippen MR) is 80.7 cm³/mol. The number of hydrogen-bond donors (Lipinski definition) is 1. The molecule has 4 heteroatoms. The first-order valence-corrected chi connectivity index (χ1v) is 6.47. The Bertz CT molecular complexity index is 567. The molecule has 0 spiro atoms. The van der Waals surface area contributed by atoms with Gasteiger partial charge in [0.25, 0.3) is 5.91 Å². The van der Waals surface area contributed by atoms with E-state index in [1.807, 2.05) is 42.5 Å².